The topological polar surface area (TPSA) is 15.6 Å². The van der Waals surface area contributed by atoms with E-state index in [1.54, 1.807) is 0 Å². The number of rotatable bonds is 6. The number of aryl methyl sites for hydroxylation is 2. The van der Waals surface area contributed by atoms with Crippen LogP contribution in [0, 0.1) is 6.92 Å². The van der Waals surface area contributed by atoms with E-state index in [9.17, 15) is 0 Å². The number of anilines is 3. The van der Waals surface area contributed by atoms with Crippen LogP contribution in [0.2, 0.25) is 0 Å². The molecule has 0 bridgehead atoms. The standard InChI is InChI=1S/C47H38N2S/c1-31-20-26-39-38-17-11-18-44(40(38)27-28-42(39)47(31)48-32(2)33-12-5-3-6-13-33)49(36-14-7-4-8-15-36)37-24-21-34(22-25-37)35-23-29-46-43(30-35)41-16-9-10-19-45(41)50-46/h4-5,7-9,11-18,20-30H,3,6,10,19H2,1-2H3. The van der Waals surface area contributed by atoms with Gasteiger partial charge in [-0.15, -0.1) is 11.3 Å². The van der Waals surface area contributed by atoms with Crippen molar-refractivity contribution in [3.63, 3.8) is 0 Å². The first-order valence-electron chi connectivity index (χ1n) is 17.7. The highest BCUT2D eigenvalue weighted by molar-refractivity contribution is 7.19. The highest BCUT2D eigenvalue weighted by Gasteiger charge is 2.18. The minimum Gasteiger partial charge on any atom is -0.310 e. The molecule has 0 spiro atoms. The predicted octanol–water partition coefficient (Wildman–Crippen LogP) is 14.0. The Morgan fingerprint density at radius 1 is 0.640 bits per heavy atom. The number of thiophene rings is 1. The fourth-order valence-electron chi connectivity index (χ4n) is 7.65. The molecule has 0 atom stereocenters. The molecule has 2 aliphatic carbocycles. The maximum atomic E-state index is 5.22. The summed E-state index contributed by atoms with van der Waals surface area (Å²) in [5, 5.41) is 6.22. The minimum atomic E-state index is 1.06. The minimum absolute atomic E-state index is 1.06. The van der Waals surface area contributed by atoms with E-state index in [2.05, 4.69) is 164 Å². The quantitative estimate of drug-likeness (QED) is 0.128. The molecule has 0 aliphatic heterocycles. The summed E-state index contributed by atoms with van der Waals surface area (Å²) >= 11 is 1.95. The average Bonchev–Trinajstić information content (AvgIpc) is 3.55. The summed E-state index contributed by atoms with van der Waals surface area (Å²) in [5.74, 6) is 0. The lowest BCUT2D eigenvalue weighted by molar-refractivity contribution is 1.02. The Kier molecular flexibility index (Phi) is 7.78. The summed E-state index contributed by atoms with van der Waals surface area (Å²) in [7, 11) is 0. The summed E-state index contributed by atoms with van der Waals surface area (Å²) in [6.45, 7) is 4.30. The smallest absolute Gasteiger partial charge is 0.0740 e. The number of para-hydroxylation sites is 1. The molecule has 0 radical (unpaired) electrons. The van der Waals surface area contributed by atoms with Crippen molar-refractivity contribution in [3.05, 3.63) is 161 Å². The first kappa shape index (κ1) is 30.5. The molecule has 3 heteroatoms. The first-order chi connectivity index (χ1) is 24.6. The van der Waals surface area contributed by atoms with Crippen LogP contribution in [0.5, 0.6) is 0 Å². The lowest BCUT2D eigenvalue weighted by Crippen LogP contribution is -2.10. The number of allylic oxidation sites excluding steroid dienone is 5. The van der Waals surface area contributed by atoms with E-state index in [1.165, 1.54) is 64.3 Å². The van der Waals surface area contributed by atoms with Crippen LogP contribution in [-0.4, -0.2) is 5.71 Å². The van der Waals surface area contributed by atoms with Crippen molar-refractivity contribution >= 4 is 77.5 Å². The van der Waals surface area contributed by atoms with Gasteiger partial charge in [0.1, 0.15) is 0 Å². The van der Waals surface area contributed by atoms with Crippen LogP contribution in [-0.2, 0) is 6.42 Å². The molecule has 50 heavy (non-hydrogen) atoms. The van der Waals surface area contributed by atoms with Crippen LogP contribution in [0.25, 0.3) is 48.8 Å². The fourth-order valence-corrected chi connectivity index (χ4v) is 8.83. The largest absolute Gasteiger partial charge is 0.310 e. The van der Waals surface area contributed by atoms with Crippen LogP contribution in [0.4, 0.5) is 22.7 Å². The van der Waals surface area contributed by atoms with Crippen LogP contribution >= 0.6 is 11.3 Å². The van der Waals surface area contributed by atoms with Gasteiger partial charge in [0.15, 0.2) is 0 Å². The third-order valence-corrected chi connectivity index (χ3v) is 11.5. The molecule has 2 nitrogen and oxygen atoms in total. The third kappa shape index (κ3) is 5.39. The van der Waals surface area contributed by atoms with E-state index in [0.29, 0.717) is 0 Å². The molecule has 0 unspecified atom stereocenters. The van der Waals surface area contributed by atoms with Crippen LogP contribution in [0.1, 0.15) is 42.2 Å². The maximum Gasteiger partial charge on any atom is 0.0740 e. The van der Waals surface area contributed by atoms with Crippen molar-refractivity contribution in [1.82, 2.24) is 0 Å². The molecular weight excluding hydrogens is 625 g/mol. The first-order valence-corrected chi connectivity index (χ1v) is 18.5. The van der Waals surface area contributed by atoms with Crippen molar-refractivity contribution in [1.29, 1.82) is 0 Å². The molecule has 2 aliphatic rings. The molecule has 242 valence electrons. The number of nitrogens with zero attached hydrogens (tertiary/aromatic N) is 2. The van der Waals surface area contributed by atoms with Crippen LogP contribution in [0.3, 0.4) is 0 Å². The van der Waals surface area contributed by atoms with Gasteiger partial charge in [-0.25, -0.2) is 0 Å². The number of benzene rings is 6. The summed E-state index contributed by atoms with van der Waals surface area (Å²) in [6, 6.07) is 42.5. The highest BCUT2D eigenvalue weighted by atomic mass is 32.1. The Balaban J connectivity index is 1.14. The van der Waals surface area contributed by atoms with Crippen molar-refractivity contribution < 1.29 is 0 Å². The molecule has 0 saturated heterocycles. The summed E-state index contributed by atoms with van der Waals surface area (Å²) < 4.78 is 1.38. The van der Waals surface area contributed by atoms with E-state index < -0.39 is 0 Å². The Labute approximate surface area is 298 Å². The fraction of sp³-hybridized carbons (Fsp3) is 0.128. The second-order valence-corrected chi connectivity index (χ2v) is 14.5. The summed E-state index contributed by atoms with van der Waals surface area (Å²) in [6.07, 6.45) is 15.9. The summed E-state index contributed by atoms with van der Waals surface area (Å²) in [4.78, 5) is 9.13. The number of hydrogen-bond acceptors (Lipinski definition) is 3. The number of aliphatic imine (C=N–C) groups is 1. The Morgan fingerprint density at radius 2 is 1.40 bits per heavy atom. The normalized spacial score (nSPS) is 14.4. The number of hydrogen-bond donors (Lipinski definition) is 0. The van der Waals surface area contributed by atoms with Crippen LogP contribution in [0.15, 0.2) is 150 Å². The molecule has 0 amide bonds. The molecule has 0 N–H and O–H groups in total. The lowest BCUT2D eigenvalue weighted by Gasteiger charge is -2.27. The maximum absolute atomic E-state index is 5.22. The third-order valence-electron chi connectivity index (χ3n) is 10.2. The molecule has 7 aromatic rings. The van der Waals surface area contributed by atoms with E-state index >= 15 is 0 Å². The molecule has 0 saturated carbocycles. The van der Waals surface area contributed by atoms with E-state index in [4.69, 9.17) is 4.99 Å². The summed E-state index contributed by atoms with van der Waals surface area (Å²) in [5.41, 5.74) is 11.8. The monoisotopic (exact) mass is 662 g/mol. The van der Waals surface area contributed by atoms with Gasteiger partial charge in [-0.05, 0) is 121 Å². The van der Waals surface area contributed by atoms with Gasteiger partial charge in [-0.3, -0.25) is 4.99 Å². The van der Waals surface area contributed by atoms with E-state index in [1.807, 2.05) is 11.3 Å². The van der Waals surface area contributed by atoms with Crippen molar-refractivity contribution in [3.8, 4) is 11.1 Å². The molecule has 9 rings (SSSR count). The zero-order valence-corrected chi connectivity index (χ0v) is 29.3. The van der Waals surface area contributed by atoms with Gasteiger partial charge in [-0.1, -0.05) is 103 Å². The van der Waals surface area contributed by atoms with Crippen LogP contribution < -0.4 is 4.90 Å². The van der Waals surface area contributed by atoms with Gasteiger partial charge in [0.25, 0.3) is 0 Å². The van der Waals surface area contributed by atoms with E-state index in [-0.39, 0.29) is 0 Å². The zero-order valence-electron chi connectivity index (χ0n) is 28.5. The Bertz CT molecular complexity index is 2550. The molecule has 1 heterocycles. The molecule has 0 fully saturated rings. The van der Waals surface area contributed by atoms with Gasteiger partial charge in [-0.2, -0.15) is 0 Å². The average molecular weight is 663 g/mol. The van der Waals surface area contributed by atoms with Gasteiger partial charge in [0.05, 0.1) is 11.4 Å². The highest BCUT2D eigenvalue weighted by Crippen LogP contribution is 2.43. The van der Waals surface area contributed by atoms with Crippen molar-refractivity contribution in [2.45, 2.75) is 39.5 Å². The second-order valence-electron chi connectivity index (χ2n) is 13.4. The van der Waals surface area contributed by atoms with Gasteiger partial charge in [0, 0.05) is 42.8 Å². The predicted molar refractivity (Wildman–Crippen MR) is 218 cm³/mol. The molecule has 1 aromatic heterocycles. The SMILES string of the molecule is CC(=Nc1c(C)ccc2c1ccc1c(N(c3ccccc3)c3ccc(-c4ccc5sc6c(c5c4)C=CCC6)cc3)cccc12)C1=CCCC=C1. The van der Waals surface area contributed by atoms with Crippen molar-refractivity contribution in [2.75, 3.05) is 4.90 Å². The molecular formula is C47H38N2S. The molecule has 6 aromatic carbocycles. The zero-order chi connectivity index (χ0) is 33.6. The Morgan fingerprint density at radius 3 is 2.24 bits per heavy atom. The Hall–Kier alpha value is -5.51. The van der Waals surface area contributed by atoms with Gasteiger partial charge in [0.2, 0.25) is 0 Å². The second kappa shape index (κ2) is 12.7. The number of fused-ring (bicyclic) bond motifs is 6. The van der Waals surface area contributed by atoms with Gasteiger partial charge >= 0.3 is 0 Å². The lowest BCUT2D eigenvalue weighted by atomic mass is 9.96. The van der Waals surface area contributed by atoms with E-state index in [0.717, 1.165) is 54.1 Å². The van der Waals surface area contributed by atoms with Crippen molar-refractivity contribution in [2.24, 2.45) is 4.99 Å². The van der Waals surface area contributed by atoms with Gasteiger partial charge < -0.3 is 4.90 Å².